The van der Waals surface area contributed by atoms with Gasteiger partial charge in [-0.05, 0) is 12.5 Å². The van der Waals surface area contributed by atoms with Gasteiger partial charge in [-0.15, -0.1) is 0 Å². The topological polar surface area (TPSA) is 128 Å². The van der Waals surface area contributed by atoms with Crippen LogP contribution in [0.2, 0.25) is 0 Å². The highest BCUT2D eigenvalue weighted by Gasteiger charge is 2.41. The molecule has 3 N–H and O–H groups in total. The number of nitrogens with one attached hydrogen (secondary N) is 3. The number of hydrogen-bond donors (Lipinski definition) is 4. The van der Waals surface area contributed by atoms with Gasteiger partial charge in [0.1, 0.15) is 17.5 Å². The first-order valence-corrected chi connectivity index (χ1v) is 9.60. The van der Waals surface area contributed by atoms with E-state index in [0.29, 0.717) is 12.1 Å². The lowest BCUT2D eigenvalue weighted by Crippen LogP contribution is -2.67. The van der Waals surface area contributed by atoms with Gasteiger partial charge in [0.05, 0.1) is 0 Å². The first-order chi connectivity index (χ1) is 13.8. The Morgan fingerprint density at radius 2 is 1.86 bits per heavy atom. The first-order valence-electron chi connectivity index (χ1n) is 9.08. The first kappa shape index (κ1) is 20.6. The Balaban J connectivity index is 1.76. The number of amides is 6. The molecule has 10 nitrogen and oxygen atoms in total. The molecular formula is C18H21N5O5S. The van der Waals surface area contributed by atoms with Crippen molar-refractivity contribution in [3.8, 4) is 0 Å². The normalized spacial score (nSPS) is 22.5. The van der Waals surface area contributed by atoms with Crippen molar-refractivity contribution in [3.05, 3.63) is 35.9 Å². The van der Waals surface area contributed by atoms with Crippen LogP contribution < -0.4 is 16.0 Å². The van der Waals surface area contributed by atoms with Crippen LogP contribution in [0, 0.1) is 0 Å². The van der Waals surface area contributed by atoms with E-state index in [1.807, 2.05) is 0 Å². The Morgan fingerprint density at radius 1 is 1.17 bits per heavy atom. The zero-order valence-corrected chi connectivity index (χ0v) is 16.5. The highest BCUT2D eigenvalue weighted by Crippen LogP contribution is 2.17. The highest BCUT2D eigenvalue weighted by atomic mass is 32.1. The van der Waals surface area contributed by atoms with Crippen molar-refractivity contribution in [2.75, 3.05) is 19.6 Å². The fourth-order valence-electron chi connectivity index (χ4n) is 3.06. The minimum absolute atomic E-state index is 0.0249. The molecule has 0 unspecified atom stereocenters. The number of imide groups is 1. The second kappa shape index (κ2) is 8.52. The van der Waals surface area contributed by atoms with Crippen LogP contribution >= 0.6 is 12.6 Å². The largest absolute Gasteiger partial charge is 0.340 e. The predicted molar refractivity (Wildman–Crippen MR) is 105 cm³/mol. The van der Waals surface area contributed by atoms with E-state index in [2.05, 4.69) is 28.6 Å². The number of rotatable bonds is 5. The molecule has 11 heteroatoms. The van der Waals surface area contributed by atoms with E-state index in [1.165, 1.54) is 4.90 Å². The number of piperazine rings is 1. The van der Waals surface area contributed by atoms with E-state index in [1.54, 1.807) is 37.3 Å². The molecule has 0 bridgehead atoms. The summed E-state index contributed by atoms with van der Waals surface area (Å²) in [5, 5.41) is 6.99. The molecule has 0 aromatic heterocycles. The van der Waals surface area contributed by atoms with Gasteiger partial charge in [-0.2, -0.15) is 12.6 Å². The summed E-state index contributed by atoms with van der Waals surface area (Å²) in [5.74, 6) is -2.72. The third-order valence-electron chi connectivity index (χ3n) is 4.78. The van der Waals surface area contributed by atoms with Gasteiger partial charge in [-0.1, -0.05) is 30.3 Å². The molecule has 2 aliphatic rings. The Bertz CT molecular complexity index is 848. The summed E-state index contributed by atoms with van der Waals surface area (Å²) in [5.41, 5.74) is 0.458. The standard InChI is InChI=1S/C18H21N5O5S/c1-2-22-8-9-23(17(27)16(22)26)18(28)20-11(10-6-4-3-5-7-10)13(24)19-12-14(25)21-15(12)29/h3-7,11-12,15,29H,2,8-9H2,1H3,(H,19,24)(H,20,28)(H,21,25)/t11-,12+,15-/m1/s1. The molecule has 2 fully saturated rings. The molecule has 29 heavy (non-hydrogen) atoms. The van der Waals surface area contributed by atoms with E-state index in [0.717, 1.165) is 4.90 Å². The summed E-state index contributed by atoms with van der Waals surface area (Å²) in [6.45, 7) is 2.35. The quantitative estimate of drug-likeness (QED) is 0.277. The van der Waals surface area contributed by atoms with E-state index in [-0.39, 0.29) is 19.0 Å². The van der Waals surface area contributed by atoms with Gasteiger partial charge in [-0.3, -0.25) is 24.1 Å². The lowest BCUT2D eigenvalue weighted by Gasteiger charge is -2.35. The molecule has 6 amide bonds. The molecule has 2 heterocycles. The van der Waals surface area contributed by atoms with Crippen molar-refractivity contribution in [3.63, 3.8) is 0 Å². The number of carbonyl (C=O) groups excluding carboxylic acids is 5. The third-order valence-corrected chi connectivity index (χ3v) is 5.21. The lowest BCUT2D eigenvalue weighted by atomic mass is 10.0. The zero-order valence-electron chi connectivity index (χ0n) is 15.6. The maximum atomic E-state index is 12.8. The summed E-state index contributed by atoms with van der Waals surface area (Å²) in [6, 6.07) is 5.53. The molecule has 1 aromatic carbocycles. The van der Waals surface area contributed by atoms with Crippen LogP contribution in [0.3, 0.4) is 0 Å². The minimum Gasteiger partial charge on any atom is -0.340 e. The molecule has 2 aliphatic heterocycles. The van der Waals surface area contributed by atoms with Crippen molar-refractivity contribution in [2.45, 2.75) is 24.4 Å². The molecule has 2 saturated heterocycles. The third kappa shape index (κ3) is 4.19. The maximum absolute atomic E-state index is 12.8. The minimum atomic E-state index is -1.16. The van der Waals surface area contributed by atoms with E-state index >= 15 is 0 Å². The van der Waals surface area contributed by atoms with Crippen LogP contribution in [-0.2, 0) is 19.2 Å². The van der Waals surface area contributed by atoms with Crippen molar-refractivity contribution in [1.29, 1.82) is 0 Å². The number of nitrogens with zero attached hydrogens (tertiary/aromatic N) is 2. The van der Waals surface area contributed by atoms with Gasteiger partial charge in [0.25, 0.3) is 0 Å². The van der Waals surface area contributed by atoms with Crippen LogP contribution in [0.25, 0.3) is 0 Å². The summed E-state index contributed by atoms with van der Waals surface area (Å²) in [4.78, 5) is 63.5. The molecule has 154 valence electrons. The zero-order chi connectivity index (χ0) is 21.1. The molecule has 0 aliphatic carbocycles. The molecule has 3 rings (SSSR count). The molecule has 0 saturated carbocycles. The summed E-state index contributed by atoms with van der Waals surface area (Å²) >= 11 is 4.13. The van der Waals surface area contributed by atoms with Gasteiger partial charge >= 0.3 is 17.8 Å². The molecule has 0 spiro atoms. The van der Waals surface area contributed by atoms with Crippen LogP contribution in [-0.4, -0.2) is 70.5 Å². The monoisotopic (exact) mass is 419 g/mol. The average Bonchev–Trinajstić information content (AvgIpc) is 2.72. The van der Waals surface area contributed by atoms with Crippen molar-refractivity contribution in [1.82, 2.24) is 25.8 Å². The number of hydrogen-bond acceptors (Lipinski definition) is 6. The van der Waals surface area contributed by atoms with Crippen LogP contribution in [0.5, 0.6) is 0 Å². The number of likely N-dealkylation sites (N-methyl/N-ethyl adjacent to an activating group) is 1. The predicted octanol–water partition coefficient (Wildman–Crippen LogP) is -1.00. The number of urea groups is 1. The number of carbonyl (C=O) groups is 5. The van der Waals surface area contributed by atoms with Crippen LogP contribution in [0.1, 0.15) is 18.5 Å². The molecular weight excluding hydrogens is 398 g/mol. The van der Waals surface area contributed by atoms with Gasteiger partial charge < -0.3 is 20.9 Å². The fourth-order valence-corrected chi connectivity index (χ4v) is 3.40. The van der Waals surface area contributed by atoms with Crippen LogP contribution in [0.15, 0.2) is 30.3 Å². The second-order valence-electron chi connectivity index (χ2n) is 6.57. The van der Waals surface area contributed by atoms with Gasteiger partial charge in [-0.25, -0.2) is 4.79 Å². The van der Waals surface area contributed by atoms with Crippen molar-refractivity contribution >= 4 is 42.3 Å². The number of thiol groups is 1. The highest BCUT2D eigenvalue weighted by molar-refractivity contribution is 7.81. The number of β-lactam (4-membered cyclic amide) rings is 1. The van der Waals surface area contributed by atoms with Gasteiger partial charge in [0, 0.05) is 19.6 Å². The average molecular weight is 419 g/mol. The van der Waals surface area contributed by atoms with Gasteiger partial charge in [0.2, 0.25) is 11.8 Å². The van der Waals surface area contributed by atoms with E-state index in [4.69, 9.17) is 0 Å². The Labute approximate surface area is 172 Å². The summed E-state index contributed by atoms with van der Waals surface area (Å²) in [7, 11) is 0. The summed E-state index contributed by atoms with van der Waals surface area (Å²) in [6.07, 6.45) is 0. The second-order valence-corrected chi connectivity index (χ2v) is 7.13. The van der Waals surface area contributed by atoms with Gasteiger partial charge in [0.15, 0.2) is 0 Å². The SMILES string of the molecule is CCN1CCN(C(=O)N[C@@H](C(=O)N[C@H]2C(=O)N[C@@H]2S)c2ccccc2)C(=O)C1=O. The lowest BCUT2D eigenvalue weighted by molar-refractivity contribution is -0.153. The van der Waals surface area contributed by atoms with Crippen molar-refractivity contribution < 1.29 is 24.0 Å². The number of benzene rings is 1. The van der Waals surface area contributed by atoms with Crippen LogP contribution in [0.4, 0.5) is 4.79 Å². The summed E-state index contributed by atoms with van der Waals surface area (Å²) < 4.78 is 0. The Kier molecular flexibility index (Phi) is 6.06. The fraction of sp³-hybridized carbons (Fsp3) is 0.389. The molecule has 0 radical (unpaired) electrons. The Morgan fingerprint density at radius 3 is 2.45 bits per heavy atom. The Hall–Kier alpha value is -3.08. The van der Waals surface area contributed by atoms with E-state index < -0.39 is 41.2 Å². The van der Waals surface area contributed by atoms with E-state index in [9.17, 15) is 24.0 Å². The van der Waals surface area contributed by atoms with Crippen molar-refractivity contribution in [2.24, 2.45) is 0 Å². The maximum Gasteiger partial charge on any atom is 0.325 e. The molecule has 1 aromatic rings. The smallest absolute Gasteiger partial charge is 0.325 e. The molecule has 3 atom stereocenters.